The van der Waals surface area contributed by atoms with Gasteiger partial charge in [0, 0.05) is 12.1 Å². The predicted octanol–water partition coefficient (Wildman–Crippen LogP) is 3.62. The van der Waals surface area contributed by atoms with Crippen molar-refractivity contribution in [1.29, 1.82) is 0 Å². The average Bonchev–Trinajstić information content (AvgIpc) is 2.37. The minimum Gasteiger partial charge on any atom is -0.322 e. The quantitative estimate of drug-likeness (QED) is 0.893. The van der Waals surface area contributed by atoms with Crippen LogP contribution in [0.4, 0.5) is 0 Å². The fraction of sp³-hybridized carbons (Fsp3) is 0.333. The van der Waals surface area contributed by atoms with E-state index in [4.69, 9.17) is 11.5 Å². The molecular weight excluding hydrogens is 244 g/mol. The molecule has 2 unspecified atom stereocenters. The molecule has 106 valence electrons. The van der Waals surface area contributed by atoms with Gasteiger partial charge in [0.05, 0.1) is 0 Å². The van der Waals surface area contributed by atoms with Gasteiger partial charge in [-0.1, -0.05) is 36.4 Å². The molecule has 2 aromatic carbocycles. The molecule has 20 heavy (non-hydrogen) atoms. The molecule has 4 N–H and O–H groups in total. The summed E-state index contributed by atoms with van der Waals surface area (Å²) in [5, 5.41) is 0. The lowest BCUT2D eigenvalue weighted by atomic mass is 9.86. The molecule has 0 spiro atoms. The standard InChI is InChI=1S/C18H24N2/c1-11-7-5-8-12(2)15(11)17(19)18(20)16-13(3)9-6-10-14(16)4/h5-10,17-18H,19-20H2,1-4H3. The molecule has 2 rings (SSSR count). The van der Waals surface area contributed by atoms with Gasteiger partial charge in [-0.2, -0.15) is 0 Å². The van der Waals surface area contributed by atoms with Crippen molar-refractivity contribution in [3.8, 4) is 0 Å². The maximum Gasteiger partial charge on any atom is 0.0496 e. The minimum atomic E-state index is -0.184. The number of rotatable bonds is 3. The molecule has 0 amide bonds. The van der Waals surface area contributed by atoms with Crippen LogP contribution in [0.25, 0.3) is 0 Å². The first-order chi connectivity index (χ1) is 9.43. The molecule has 0 heterocycles. The Morgan fingerprint density at radius 2 is 0.850 bits per heavy atom. The summed E-state index contributed by atoms with van der Waals surface area (Å²) in [6.45, 7) is 8.39. The Morgan fingerprint density at radius 1 is 0.600 bits per heavy atom. The third-order valence-corrected chi connectivity index (χ3v) is 4.14. The van der Waals surface area contributed by atoms with E-state index in [0.717, 1.165) is 0 Å². The van der Waals surface area contributed by atoms with Crippen molar-refractivity contribution in [3.63, 3.8) is 0 Å². The third-order valence-electron chi connectivity index (χ3n) is 4.14. The highest BCUT2D eigenvalue weighted by atomic mass is 14.8. The van der Waals surface area contributed by atoms with Crippen LogP contribution < -0.4 is 11.5 Å². The van der Waals surface area contributed by atoms with Crippen LogP contribution in [0.3, 0.4) is 0 Å². The SMILES string of the molecule is Cc1cccc(C)c1C(N)C(N)c1c(C)cccc1C. The summed E-state index contributed by atoms with van der Waals surface area (Å²) in [5.41, 5.74) is 20.1. The van der Waals surface area contributed by atoms with Crippen LogP contribution in [-0.2, 0) is 0 Å². The molecule has 0 fully saturated rings. The largest absolute Gasteiger partial charge is 0.322 e. The summed E-state index contributed by atoms with van der Waals surface area (Å²) < 4.78 is 0. The first kappa shape index (κ1) is 14.8. The zero-order valence-corrected chi connectivity index (χ0v) is 12.8. The van der Waals surface area contributed by atoms with E-state index in [1.54, 1.807) is 0 Å². The maximum absolute atomic E-state index is 6.48. The molecule has 2 nitrogen and oxygen atoms in total. The van der Waals surface area contributed by atoms with Crippen molar-refractivity contribution >= 4 is 0 Å². The Hall–Kier alpha value is -1.64. The van der Waals surface area contributed by atoms with E-state index in [2.05, 4.69) is 64.1 Å². The minimum absolute atomic E-state index is 0.184. The first-order valence-electron chi connectivity index (χ1n) is 7.07. The van der Waals surface area contributed by atoms with Crippen molar-refractivity contribution in [2.24, 2.45) is 11.5 Å². The average molecular weight is 268 g/mol. The Bertz CT molecular complexity index is 521. The number of benzene rings is 2. The van der Waals surface area contributed by atoms with E-state index in [1.807, 2.05) is 0 Å². The lowest BCUT2D eigenvalue weighted by Gasteiger charge is -2.26. The van der Waals surface area contributed by atoms with Gasteiger partial charge in [-0.3, -0.25) is 0 Å². The van der Waals surface area contributed by atoms with E-state index in [-0.39, 0.29) is 12.1 Å². The summed E-state index contributed by atoms with van der Waals surface area (Å²) in [6.07, 6.45) is 0. The zero-order valence-electron chi connectivity index (χ0n) is 12.8. The molecule has 0 saturated heterocycles. The molecule has 0 bridgehead atoms. The first-order valence-corrected chi connectivity index (χ1v) is 7.07. The predicted molar refractivity (Wildman–Crippen MR) is 85.7 cm³/mol. The van der Waals surface area contributed by atoms with Gasteiger partial charge in [0.2, 0.25) is 0 Å². The molecule has 0 aromatic heterocycles. The second kappa shape index (κ2) is 5.78. The number of aryl methyl sites for hydroxylation is 4. The topological polar surface area (TPSA) is 52.0 Å². The molecule has 2 heteroatoms. The van der Waals surface area contributed by atoms with Gasteiger partial charge in [0.25, 0.3) is 0 Å². The van der Waals surface area contributed by atoms with Crippen molar-refractivity contribution < 1.29 is 0 Å². The van der Waals surface area contributed by atoms with Crippen molar-refractivity contribution in [2.75, 3.05) is 0 Å². The Balaban J connectivity index is 2.46. The van der Waals surface area contributed by atoms with Crippen LogP contribution in [0, 0.1) is 27.7 Å². The highest BCUT2D eigenvalue weighted by Crippen LogP contribution is 2.32. The Labute approximate surface area is 121 Å². The smallest absolute Gasteiger partial charge is 0.0496 e. The van der Waals surface area contributed by atoms with Gasteiger partial charge in [0.1, 0.15) is 0 Å². The molecule has 0 aliphatic rings. The normalized spacial score (nSPS) is 14.1. The summed E-state index contributed by atoms with van der Waals surface area (Å²) in [4.78, 5) is 0. The van der Waals surface area contributed by atoms with E-state index in [1.165, 1.54) is 33.4 Å². The van der Waals surface area contributed by atoms with Crippen molar-refractivity contribution in [1.82, 2.24) is 0 Å². The summed E-state index contributed by atoms with van der Waals surface area (Å²) in [6, 6.07) is 12.1. The van der Waals surface area contributed by atoms with Crippen LogP contribution in [0.5, 0.6) is 0 Å². The highest BCUT2D eigenvalue weighted by Gasteiger charge is 2.22. The second-order valence-electron chi connectivity index (χ2n) is 5.66. The van der Waals surface area contributed by atoms with Crippen LogP contribution in [0.2, 0.25) is 0 Å². The van der Waals surface area contributed by atoms with Crippen molar-refractivity contribution in [2.45, 2.75) is 39.8 Å². The summed E-state index contributed by atoms with van der Waals surface area (Å²) in [5.74, 6) is 0. The van der Waals surface area contributed by atoms with E-state index >= 15 is 0 Å². The van der Waals surface area contributed by atoms with Crippen LogP contribution >= 0.6 is 0 Å². The fourth-order valence-corrected chi connectivity index (χ4v) is 3.07. The van der Waals surface area contributed by atoms with Gasteiger partial charge < -0.3 is 11.5 Å². The molecule has 2 aromatic rings. The second-order valence-corrected chi connectivity index (χ2v) is 5.66. The van der Waals surface area contributed by atoms with E-state index in [0.29, 0.717) is 0 Å². The van der Waals surface area contributed by atoms with Gasteiger partial charge in [0.15, 0.2) is 0 Å². The molecule has 0 aliphatic carbocycles. The maximum atomic E-state index is 6.48. The molecule has 0 aliphatic heterocycles. The van der Waals surface area contributed by atoms with Crippen molar-refractivity contribution in [3.05, 3.63) is 69.8 Å². The number of hydrogen-bond acceptors (Lipinski definition) is 2. The fourth-order valence-electron chi connectivity index (χ4n) is 3.07. The molecule has 0 saturated carbocycles. The lowest BCUT2D eigenvalue weighted by molar-refractivity contribution is 0.564. The van der Waals surface area contributed by atoms with Gasteiger partial charge in [-0.25, -0.2) is 0 Å². The number of hydrogen-bond donors (Lipinski definition) is 2. The zero-order chi connectivity index (χ0) is 14.9. The van der Waals surface area contributed by atoms with Gasteiger partial charge >= 0.3 is 0 Å². The molecule has 0 radical (unpaired) electrons. The third kappa shape index (κ3) is 2.62. The van der Waals surface area contributed by atoms with Crippen LogP contribution in [-0.4, -0.2) is 0 Å². The van der Waals surface area contributed by atoms with Gasteiger partial charge in [-0.15, -0.1) is 0 Å². The molecule has 2 atom stereocenters. The Morgan fingerprint density at radius 3 is 1.10 bits per heavy atom. The van der Waals surface area contributed by atoms with E-state index in [9.17, 15) is 0 Å². The Kier molecular flexibility index (Phi) is 4.26. The van der Waals surface area contributed by atoms with Crippen LogP contribution in [0.15, 0.2) is 36.4 Å². The summed E-state index contributed by atoms with van der Waals surface area (Å²) in [7, 11) is 0. The molecular formula is C18H24N2. The van der Waals surface area contributed by atoms with E-state index < -0.39 is 0 Å². The monoisotopic (exact) mass is 268 g/mol. The number of nitrogens with two attached hydrogens (primary N) is 2. The summed E-state index contributed by atoms with van der Waals surface area (Å²) >= 11 is 0. The van der Waals surface area contributed by atoms with Gasteiger partial charge in [-0.05, 0) is 61.1 Å². The highest BCUT2D eigenvalue weighted by molar-refractivity contribution is 5.42. The van der Waals surface area contributed by atoms with Crippen LogP contribution in [0.1, 0.15) is 45.5 Å². The lowest BCUT2D eigenvalue weighted by Crippen LogP contribution is -2.29.